The molecule has 0 fully saturated rings. The average molecular weight is 305 g/mol. The molecule has 1 aliphatic rings. The molecule has 4 nitrogen and oxygen atoms in total. The van der Waals surface area contributed by atoms with Gasteiger partial charge < -0.3 is 4.74 Å². The molecule has 0 amide bonds. The molecule has 0 spiro atoms. The van der Waals surface area contributed by atoms with Crippen LogP contribution in [0.4, 0.5) is 0 Å². The molecule has 4 heteroatoms. The first kappa shape index (κ1) is 14.2. The Balaban J connectivity index is 1.57. The summed E-state index contributed by atoms with van der Waals surface area (Å²) in [7, 11) is 1.71. The number of hydrogen-bond donors (Lipinski definition) is 0. The molecule has 0 saturated heterocycles. The Morgan fingerprint density at radius 3 is 3.04 bits per heavy atom. The minimum Gasteiger partial charge on any atom is -0.497 e. The van der Waals surface area contributed by atoms with Gasteiger partial charge in [-0.1, -0.05) is 12.1 Å². The lowest BCUT2D eigenvalue weighted by Gasteiger charge is -2.28. The fraction of sp³-hybridized carbons (Fsp3) is 0.263. The number of aromatic nitrogens is 2. The highest BCUT2D eigenvalue weighted by molar-refractivity contribution is 5.75. The lowest BCUT2D eigenvalue weighted by Crippen LogP contribution is -2.30. The molecule has 0 bridgehead atoms. The molecule has 4 rings (SSSR count). The van der Waals surface area contributed by atoms with Crippen LogP contribution in [0.5, 0.6) is 5.75 Å². The Bertz CT molecular complexity index is 847. The molecule has 0 atom stereocenters. The van der Waals surface area contributed by atoms with E-state index >= 15 is 0 Å². The van der Waals surface area contributed by atoms with Crippen LogP contribution in [0.25, 0.3) is 11.0 Å². The summed E-state index contributed by atoms with van der Waals surface area (Å²) in [4.78, 5) is 11.5. The van der Waals surface area contributed by atoms with Crippen LogP contribution >= 0.6 is 0 Å². The van der Waals surface area contributed by atoms with Gasteiger partial charge in [0.15, 0.2) is 5.65 Å². The highest BCUT2D eigenvalue weighted by Gasteiger charge is 2.18. The molecule has 1 aliphatic heterocycles. The Morgan fingerprint density at radius 2 is 2.13 bits per heavy atom. The van der Waals surface area contributed by atoms with Crippen molar-refractivity contribution in [3.63, 3.8) is 0 Å². The van der Waals surface area contributed by atoms with Crippen molar-refractivity contribution in [3.05, 3.63) is 65.5 Å². The monoisotopic (exact) mass is 305 g/mol. The van der Waals surface area contributed by atoms with Gasteiger partial charge in [-0.25, -0.2) is 9.97 Å². The van der Waals surface area contributed by atoms with E-state index in [0.717, 1.165) is 42.8 Å². The minimum atomic E-state index is 0.854. The third kappa shape index (κ3) is 2.90. The second-order valence-corrected chi connectivity index (χ2v) is 5.96. The van der Waals surface area contributed by atoms with Crippen molar-refractivity contribution < 1.29 is 4.74 Å². The van der Waals surface area contributed by atoms with E-state index in [0.29, 0.717) is 0 Å². The number of hydrogen-bond acceptors (Lipinski definition) is 4. The van der Waals surface area contributed by atoms with Crippen molar-refractivity contribution in [1.29, 1.82) is 0 Å². The molecule has 0 N–H and O–H groups in total. The summed E-state index contributed by atoms with van der Waals surface area (Å²) in [6.45, 7) is 2.89. The third-order valence-electron chi connectivity index (χ3n) is 4.36. The SMILES string of the molecule is COc1cccc(CN2CCc3nc4ncccc4cc3C2)c1. The number of benzene rings is 1. The van der Waals surface area contributed by atoms with E-state index in [1.54, 1.807) is 13.3 Å². The molecule has 23 heavy (non-hydrogen) atoms. The van der Waals surface area contributed by atoms with Gasteiger partial charge in [0.25, 0.3) is 0 Å². The summed E-state index contributed by atoms with van der Waals surface area (Å²) in [6, 6.07) is 14.6. The third-order valence-corrected chi connectivity index (χ3v) is 4.36. The predicted molar refractivity (Wildman–Crippen MR) is 90.4 cm³/mol. The molecule has 3 heterocycles. The Kier molecular flexibility index (Phi) is 3.67. The van der Waals surface area contributed by atoms with Crippen molar-refractivity contribution in [2.45, 2.75) is 19.5 Å². The van der Waals surface area contributed by atoms with Crippen LogP contribution in [-0.4, -0.2) is 28.5 Å². The molecule has 3 aromatic rings. The van der Waals surface area contributed by atoms with Crippen molar-refractivity contribution in [3.8, 4) is 5.75 Å². The summed E-state index contributed by atoms with van der Waals surface area (Å²) in [5.74, 6) is 0.915. The van der Waals surface area contributed by atoms with Crippen LogP contribution in [0.1, 0.15) is 16.8 Å². The van der Waals surface area contributed by atoms with E-state index in [1.807, 2.05) is 18.2 Å². The number of ether oxygens (including phenoxy) is 1. The predicted octanol–water partition coefficient (Wildman–Crippen LogP) is 3.20. The molecule has 1 aromatic carbocycles. The van der Waals surface area contributed by atoms with Crippen LogP contribution < -0.4 is 4.74 Å². The molecular formula is C19H19N3O. The van der Waals surface area contributed by atoms with Gasteiger partial charge in [-0.05, 0) is 41.5 Å². The first-order valence-electron chi connectivity index (χ1n) is 7.90. The Hall–Kier alpha value is -2.46. The maximum Gasteiger partial charge on any atom is 0.159 e. The number of methoxy groups -OCH3 is 1. The standard InChI is InChI=1S/C19H19N3O/c1-23-17-6-2-4-14(10-17)12-22-9-7-18-16(13-22)11-15-5-3-8-20-19(15)21-18/h2-6,8,10-11H,7,9,12-13H2,1H3. The van der Waals surface area contributed by atoms with E-state index in [1.165, 1.54) is 16.8 Å². The second kappa shape index (κ2) is 5.97. The van der Waals surface area contributed by atoms with Crippen molar-refractivity contribution in [1.82, 2.24) is 14.9 Å². The lowest BCUT2D eigenvalue weighted by molar-refractivity contribution is 0.243. The van der Waals surface area contributed by atoms with Crippen LogP contribution in [0.2, 0.25) is 0 Å². The zero-order valence-corrected chi connectivity index (χ0v) is 13.2. The van der Waals surface area contributed by atoms with Gasteiger partial charge in [0, 0.05) is 43.3 Å². The molecule has 0 aliphatic carbocycles. The quantitative estimate of drug-likeness (QED) is 0.745. The zero-order valence-electron chi connectivity index (χ0n) is 13.2. The van der Waals surface area contributed by atoms with E-state index in [9.17, 15) is 0 Å². The van der Waals surface area contributed by atoms with E-state index < -0.39 is 0 Å². The second-order valence-electron chi connectivity index (χ2n) is 5.96. The van der Waals surface area contributed by atoms with E-state index in [4.69, 9.17) is 9.72 Å². The van der Waals surface area contributed by atoms with Crippen LogP contribution in [0.15, 0.2) is 48.7 Å². The van der Waals surface area contributed by atoms with Gasteiger partial charge in [0.2, 0.25) is 0 Å². The number of rotatable bonds is 3. The van der Waals surface area contributed by atoms with Gasteiger partial charge in [-0.15, -0.1) is 0 Å². The van der Waals surface area contributed by atoms with Gasteiger partial charge in [-0.2, -0.15) is 0 Å². The first-order chi connectivity index (χ1) is 11.3. The molecule has 2 aromatic heterocycles. The van der Waals surface area contributed by atoms with Crippen LogP contribution in [-0.2, 0) is 19.5 Å². The van der Waals surface area contributed by atoms with E-state index in [2.05, 4.69) is 34.1 Å². The zero-order chi connectivity index (χ0) is 15.6. The molecule has 0 saturated carbocycles. The van der Waals surface area contributed by atoms with Gasteiger partial charge in [0.05, 0.1) is 7.11 Å². The highest BCUT2D eigenvalue weighted by Crippen LogP contribution is 2.23. The minimum absolute atomic E-state index is 0.854. The molecular weight excluding hydrogens is 286 g/mol. The maximum absolute atomic E-state index is 5.31. The van der Waals surface area contributed by atoms with Crippen molar-refractivity contribution >= 4 is 11.0 Å². The van der Waals surface area contributed by atoms with Crippen molar-refractivity contribution in [2.75, 3.05) is 13.7 Å². The number of nitrogens with zero attached hydrogens (tertiary/aromatic N) is 3. The molecule has 0 radical (unpaired) electrons. The van der Waals surface area contributed by atoms with Crippen LogP contribution in [0.3, 0.4) is 0 Å². The van der Waals surface area contributed by atoms with E-state index in [-0.39, 0.29) is 0 Å². The normalized spacial score (nSPS) is 14.7. The Morgan fingerprint density at radius 1 is 1.17 bits per heavy atom. The van der Waals surface area contributed by atoms with Crippen LogP contribution in [0, 0.1) is 0 Å². The highest BCUT2D eigenvalue weighted by atomic mass is 16.5. The maximum atomic E-state index is 5.31. The fourth-order valence-electron chi connectivity index (χ4n) is 3.19. The summed E-state index contributed by atoms with van der Waals surface area (Å²) in [5.41, 5.74) is 4.65. The van der Waals surface area contributed by atoms with Gasteiger partial charge in [0.1, 0.15) is 5.75 Å². The topological polar surface area (TPSA) is 38.2 Å². The number of fused-ring (bicyclic) bond motifs is 2. The van der Waals surface area contributed by atoms with Gasteiger partial charge in [-0.3, -0.25) is 4.90 Å². The Labute approximate surface area is 135 Å². The van der Waals surface area contributed by atoms with Crippen molar-refractivity contribution in [2.24, 2.45) is 0 Å². The fourth-order valence-corrected chi connectivity index (χ4v) is 3.19. The summed E-state index contributed by atoms with van der Waals surface area (Å²) < 4.78 is 5.31. The summed E-state index contributed by atoms with van der Waals surface area (Å²) >= 11 is 0. The van der Waals surface area contributed by atoms with Gasteiger partial charge >= 0.3 is 0 Å². The number of pyridine rings is 2. The largest absolute Gasteiger partial charge is 0.497 e. The first-order valence-corrected chi connectivity index (χ1v) is 7.90. The summed E-state index contributed by atoms with van der Waals surface area (Å²) in [6.07, 6.45) is 2.78. The molecule has 116 valence electrons. The smallest absolute Gasteiger partial charge is 0.159 e. The molecule has 0 unspecified atom stereocenters. The summed E-state index contributed by atoms with van der Waals surface area (Å²) in [5, 5.41) is 1.12. The average Bonchev–Trinajstić information content (AvgIpc) is 2.60. The lowest BCUT2D eigenvalue weighted by atomic mass is 10.0.